The summed E-state index contributed by atoms with van der Waals surface area (Å²) in [7, 11) is 1.63. The van der Waals surface area contributed by atoms with Crippen molar-refractivity contribution in [1.82, 2.24) is 14.7 Å². The Morgan fingerprint density at radius 2 is 2.04 bits per heavy atom. The minimum atomic E-state index is -0.568. The third-order valence-corrected chi connectivity index (χ3v) is 5.07. The number of aryl methyl sites for hydroxylation is 1. The normalized spacial score (nSPS) is 24.8. The van der Waals surface area contributed by atoms with Crippen LogP contribution in [-0.2, 0) is 9.59 Å². The molecule has 0 N–H and O–H groups in total. The highest BCUT2D eigenvalue weighted by Crippen LogP contribution is 2.33. The van der Waals surface area contributed by atoms with E-state index in [0.717, 1.165) is 22.7 Å². The molecular formula is C18H21N5O3. The maximum atomic E-state index is 12.9. The number of anilines is 1. The lowest BCUT2D eigenvalue weighted by atomic mass is 10.1. The van der Waals surface area contributed by atoms with E-state index < -0.39 is 18.2 Å². The Morgan fingerprint density at radius 3 is 2.73 bits per heavy atom. The number of likely N-dealkylation sites (N-methyl/N-ethyl adjacent to an activating group) is 1. The zero-order chi connectivity index (χ0) is 18.6. The van der Waals surface area contributed by atoms with Crippen molar-refractivity contribution in [3.8, 4) is 0 Å². The molecule has 0 bridgehead atoms. The van der Waals surface area contributed by atoms with E-state index in [0.29, 0.717) is 12.5 Å². The number of imide groups is 1. The van der Waals surface area contributed by atoms with Crippen molar-refractivity contribution >= 4 is 29.4 Å². The van der Waals surface area contributed by atoms with Gasteiger partial charge in [-0.1, -0.05) is 12.1 Å². The molecule has 3 aliphatic heterocycles. The Labute approximate surface area is 151 Å². The molecule has 8 heteroatoms. The van der Waals surface area contributed by atoms with Crippen molar-refractivity contribution in [2.24, 2.45) is 4.99 Å². The second-order valence-corrected chi connectivity index (χ2v) is 6.99. The first-order chi connectivity index (χ1) is 12.4. The summed E-state index contributed by atoms with van der Waals surface area (Å²) in [5.41, 5.74) is 2.17. The zero-order valence-corrected chi connectivity index (χ0v) is 15.0. The number of hydrogen-bond donors (Lipinski definition) is 0. The summed E-state index contributed by atoms with van der Waals surface area (Å²) in [6, 6.07) is 7.07. The number of amides is 3. The fraction of sp³-hybridized carbons (Fsp3) is 0.444. The molecule has 0 spiro atoms. The smallest absolute Gasteiger partial charge is 0.325 e. The highest BCUT2D eigenvalue weighted by molar-refractivity contribution is 6.09. The van der Waals surface area contributed by atoms with Crippen LogP contribution in [0.25, 0.3) is 0 Å². The number of aliphatic imine (C=N–C) groups is 1. The van der Waals surface area contributed by atoms with Crippen LogP contribution in [0.3, 0.4) is 0 Å². The van der Waals surface area contributed by atoms with Gasteiger partial charge in [-0.05, 0) is 31.5 Å². The Balaban J connectivity index is 1.67. The first kappa shape index (κ1) is 16.6. The van der Waals surface area contributed by atoms with Gasteiger partial charge in [0, 0.05) is 25.8 Å². The molecule has 0 aliphatic carbocycles. The van der Waals surface area contributed by atoms with Gasteiger partial charge >= 0.3 is 6.03 Å². The Kier molecular flexibility index (Phi) is 3.71. The molecule has 0 saturated carbocycles. The molecule has 2 unspecified atom stereocenters. The van der Waals surface area contributed by atoms with E-state index in [2.05, 4.69) is 11.0 Å². The highest BCUT2D eigenvalue weighted by Gasteiger charge is 2.54. The molecule has 1 aromatic rings. The summed E-state index contributed by atoms with van der Waals surface area (Å²) in [4.78, 5) is 48.1. The van der Waals surface area contributed by atoms with Crippen molar-refractivity contribution < 1.29 is 14.4 Å². The molecule has 3 aliphatic rings. The van der Waals surface area contributed by atoms with Crippen LogP contribution < -0.4 is 4.90 Å². The number of fused-ring (bicyclic) bond motifs is 3. The van der Waals surface area contributed by atoms with Gasteiger partial charge in [0.05, 0.1) is 6.54 Å². The van der Waals surface area contributed by atoms with E-state index in [1.165, 1.54) is 11.8 Å². The summed E-state index contributed by atoms with van der Waals surface area (Å²) in [6.07, 6.45) is -0.555. The number of carbonyl (C=O) groups is 3. The fourth-order valence-electron chi connectivity index (χ4n) is 3.85. The van der Waals surface area contributed by atoms with Gasteiger partial charge < -0.3 is 14.7 Å². The van der Waals surface area contributed by atoms with Gasteiger partial charge in [0.2, 0.25) is 5.96 Å². The van der Waals surface area contributed by atoms with Gasteiger partial charge in [0.15, 0.2) is 12.2 Å². The Bertz CT molecular complexity index is 836. The molecule has 3 amide bonds. The largest absolute Gasteiger partial charge is 0.328 e. The second-order valence-electron chi connectivity index (χ2n) is 6.99. The van der Waals surface area contributed by atoms with Crippen molar-refractivity contribution in [2.75, 3.05) is 31.6 Å². The molecular weight excluding hydrogens is 334 g/mol. The van der Waals surface area contributed by atoms with Crippen LogP contribution in [-0.4, -0.2) is 77.3 Å². The summed E-state index contributed by atoms with van der Waals surface area (Å²) in [6.45, 7) is 4.58. The third-order valence-electron chi connectivity index (χ3n) is 5.07. The molecule has 1 aromatic carbocycles. The van der Waals surface area contributed by atoms with Crippen molar-refractivity contribution in [2.45, 2.75) is 26.1 Å². The molecule has 136 valence electrons. The zero-order valence-electron chi connectivity index (χ0n) is 15.0. The van der Waals surface area contributed by atoms with Crippen LogP contribution in [0, 0.1) is 6.92 Å². The molecule has 0 aromatic heterocycles. The van der Waals surface area contributed by atoms with Gasteiger partial charge in [0.1, 0.15) is 5.78 Å². The van der Waals surface area contributed by atoms with Gasteiger partial charge in [-0.15, -0.1) is 0 Å². The number of nitrogens with zero attached hydrogens (tertiary/aromatic N) is 5. The number of guanidine groups is 1. The Hall–Kier alpha value is -2.90. The topological polar surface area (TPSA) is 76.5 Å². The number of hydrogen-bond acceptors (Lipinski definition) is 6. The number of carbonyl (C=O) groups excluding carboxylic acids is 3. The highest BCUT2D eigenvalue weighted by atomic mass is 16.2. The summed E-state index contributed by atoms with van der Waals surface area (Å²) in [5.74, 6) is 0.141. The van der Waals surface area contributed by atoms with E-state index in [1.54, 1.807) is 7.05 Å². The maximum Gasteiger partial charge on any atom is 0.328 e. The average Bonchev–Trinajstić information content (AvgIpc) is 3.15. The SMILES string of the molecule is CC(=O)CN1C(=O)C2C(N=C3N(c4cccc(C)c4)CCN32)N(C)C1=O. The van der Waals surface area contributed by atoms with Gasteiger partial charge in [-0.25, -0.2) is 9.79 Å². The van der Waals surface area contributed by atoms with E-state index in [1.807, 2.05) is 30.0 Å². The van der Waals surface area contributed by atoms with E-state index in [-0.39, 0.29) is 18.2 Å². The first-order valence-electron chi connectivity index (χ1n) is 8.65. The second kappa shape index (κ2) is 5.82. The summed E-state index contributed by atoms with van der Waals surface area (Å²) >= 11 is 0. The maximum absolute atomic E-state index is 12.9. The minimum Gasteiger partial charge on any atom is -0.325 e. The van der Waals surface area contributed by atoms with Gasteiger partial charge in [0.25, 0.3) is 5.91 Å². The lowest BCUT2D eigenvalue weighted by Gasteiger charge is -2.40. The molecule has 2 atom stereocenters. The summed E-state index contributed by atoms with van der Waals surface area (Å²) in [5, 5.41) is 0. The number of rotatable bonds is 3. The van der Waals surface area contributed by atoms with Crippen molar-refractivity contribution in [3.05, 3.63) is 29.8 Å². The van der Waals surface area contributed by atoms with E-state index in [9.17, 15) is 14.4 Å². The van der Waals surface area contributed by atoms with E-state index >= 15 is 0 Å². The van der Waals surface area contributed by atoms with Crippen LogP contribution >= 0.6 is 0 Å². The molecule has 4 rings (SSSR count). The molecule has 0 radical (unpaired) electrons. The van der Waals surface area contributed by atoms with Crippen LogP contribution in [0.15, 0.2) is 29.3 Å². The lowest BCUT2D eigenvalue weighted by Crippen LogP contribution is -2.65. The number of urea groups is 1. The lowest BCUT2D eigenvalue weighted by molar-refractivity contribution is -0.139. The molecule has 2 saturated heterocycles. The number of benzene rings is 1. The van der Waals surface area contributed by atoms with Crippen LogP contribution in [0.2, 0.25) is 0 Å². The van der Waals surface area contributed by atoms with Crippen LogP contribution in [0.5, 0.6) is 0 Å². The number of ketones is 1. The summed E-state index contributed by atoms with van der Waals surface area (Å²) < 4.78 is 0. The van der Waals surface area contributed by atoms with Crippen molar-refractivity contribution in [3.63, 3.8) is 0 Å². The van der Waals surface area contributed by atoms with Gasteiger partial charge in [-0.3, -0.25) is 14.5 Å². The first-order valence-corrected chi connectivity index (χ1v) is 8.65. The number of Topliss-reactive ketones (excluding diaryl/α,β-unsaturated/α-hetero) is 1. The molecule has 3 heterocycles. The average molecular weight is 355 g/mol. The standard InChI is InChI=1S/C18H21N5O3/c1-11-5-4-6-13(9-11)21-7-8-22-14-15(19-17(21)22)20(3)18(26)23(16(14)25)10-12(2)24/h4-6,9,14-15H,7-8,10H2,1-3H3. The molecule has 2 fully saturated rings. The minimum absolute atomic E-state index is 0.198. The quantitative estimate of drug-likeness (QED) is 0.796. The fourth-order valence-corrected chi connectivity index (χ4v) is 3.85. The monoisotopic (exact) mass is 355 g/mol. The van der Waals surface area contributed by atoms with Crippen LogP contribution in [0.1, 0.15) is 12.5 Å². The predicted octanol–water partition coefficient (Wildman–Crippen LogP) is 0.664. The van der Waals surface area contributed by atoms with Crippen LogP contribution in [0.4, 0.5) is 10.5 Å². The third kappa shape index (κ3) is 2.36. The van der Waals surface area contributed by atoms with E-state index in [4.69, 9.17) is 4.99 Å². The Morgan fingerprint density at radius 1 is 1.27 bits per heavy atom. The van der Waals surface area contributed by atoms with Crippen molar-refractivity contribution in [1.29, 1.82) is 0 Å². The predicted molar refractivity (Wildman–Crippen MR) is 95.8 cm³/mol. The molecule has 8 nitrogen and oxygen atoms in total. The molecule has 26 heavy (non-hydrogen) atoms. The van der Waals surface area contributed by atoms with Gasteiger partial charge in [-0.2, -0.15) is 0 Å².